The molecular weight excluding hydrogens is 268 g/mol. The van der Waals surface area contributed by atoms with Crippen LogP contribution in [0.3, 0.4) is 0 Å². The van der Waals surface area contributed by atoms with Gasteiger partial charge in [0.15, 0.2) is 11.5 Å². The Morgan fingerprint density at radius 1 is 1.42 bits per heavy atom. The highest BCUT2D eigenvalue weighted by Gasteiger charge is 2.22. The van der Waals surface area contributed by atoms with E-state index in [2.05, 4.69) is 0 Å². The number of hydrogen-bond donors (Lipinski definition) is 0. The first-order valence-electron chi connectivity index (χ1n) is 6.16. The lowest BCUT2D eigenvalue weighted by Crippen LogP contribution is -2.03. The third-order valence-electron chi connectivity index (χ3n) is 3.02. The van der Waals surface area contributed by atoms with E-state index in [9.17, 15) is 4.79 Å². The van der Waals surface area contributed by atoms with Crippen molar-refractivity contribution in [1.29, 1.82) is 0 Å². The van der Waals surface area contributed by atoms with Gasteiger partial charge >= 0.3 is 5.97 Å². The Balaban J connectivity index is 1.65. The van der Waals surface area contributed by atoms with E-state index in [-0.39, 0.29) is 12.8 Å². The van der Waals surface area contributed by atoms with Gasteiger partial charge in [0.05, 0.1) is 11.6 Å². The first-order valence-corrected chi connectivity index (χ1v) is 6.54. The lowest BCUT2D eigenvalue weighted by molar-refractivity contribution is -0.138. The van der Waals surface area contributed by atoms with E-state index in [1.165, 1.54) is 6.08 Å². The predicted octanol–water partition coefficient (Wildman–Crippen LogP) is 3.04. The Morgan fingerprint density at radius 3 is 3.05 bits per heavy atom. The first kappa shape index (κ1) is 12.4. The molecule has 1 aromatic rings. The lowest BCUT2D eigenvalue weighted by Gasteiger charge is -2.01. The molecule has 1 heterocycles. The summed E-state index contributed by atoms with van der Waals surface area (Å²) in [5.74, 6) is 1.38. The van der Waals surface area contributed by atoms with Crippen LogP contribution in [0.1, 0.15) is 18.4 Å². The fourth-order valence-corrected chi connectivity index (χ4v) is 2.05. The van der Waals surface area contributed by atoms with Crippen LogP contribution in [-0.2, 0) is 9.53 Å². The molecule has 1 aromatic carbocycles. The third-order valence-corrected chi connectivity index (χ3v) is 3.30. The molecule has 3 rings (SSSR count). The molecule has 4 nitrogen and oxygen atoms in total. The molecule has 0 atom stereocenters. The number of carbonyl (C=O) groups is 1. The van der Waals surface area contributed by atoms with E-state index in [0.29, 0.717) is 29.0 Å². The van der Waals surface area contributed by atoms with Crippen LogP contribution in [0.5, 0.6) is 11.5 Å². The molecule has 0 saturated heterocycles. The summed E-state index contributed by atoms with van der Waals surface area (Å²) in [7, 11) is 0. The minimum atomic E-state index is -0.333. The molecule has 0 spiro atoms. The summed E-state index contributed by atoms with van der Waals surface area (Å²) in [5, 5.41) is 0.473. The minimum absolute atomic E-state index is 0.172. The Bertz CT molecular complexity index is 534. The molecule has 0 radical (unpaired) electrons. The van der Waals surface area contributed by atoms with E-state index < -0.39 is 0 Å². The summed E-state index contributed by atoms with van der Waals surface area (Å²) in [4.78, 5) is 11.5. The normalized spacial score (nSPS) is 16.9. The molecule has 1 aliphatic carbocycles. The van der Waals surface area contributed by atoms with Gasteiger partial charge in [-0.1, -0.05) is 11.6 Å². The smallest absolute Gasteiger partial charge is 0.330 e. The van der Waals surface area contributed by atoms with Crippen LogP contribution in [0, 0.1) is 5.92 Å². The third kappa shape index (κ3) is 3.01. The van der Waals surface area contributed by atoms with Gasteiger partial charge < -0.3 is 14.2 Å². The summed E-state index contributed by atoms with van der Waals surface area (Å²) in [5.41, 5.74) is 0.776. The number of ether oxygens (including phenoxy) is 3. The molecular formula is C14H13ClO4. The van der Waals surface area contributed by atoms with Crippen LogP contribution in [0.15, 0.2) is 18.2 Å². The maximum absolute atomic E-state index is 11.5. The van der Waals surface area contributed by atoms with Crippen LogP contribution >= 0.6 is 11.6 Å². The zero-order valence-electron chi connectivity index (χ0n) is 10.2. The largest absolute Gasteiger partial charge is 0.462 e. The molecule has 2 aliphatic rings. The highest BCUT2D eigenvalue weighted by molar-refractivity contribution is 6.32. The number of benzene rings is 1. The maximum atomic E-state index is 11.5. The van der Waals surface area contributed by atoms with Gasteiger partial charge in [0, 0.05) is 6.08 Å². The van der Waals surface area contributed by atoms with Gasteiger partial charge in [-0.2, -0.15) is 0 Å². The van der Waals surface area contributed by atoms with Crippen molar-refractivity contribution in [2.24, 2.45) is 5.92 Å². The summed E-state index contributed by atoms with van der Waals surface area (Å²) in [6.45, 7) is 0.691. The minimum Gasteiger partial charge on any atom is -0.462 e. The summed E-state index contributed by atoms with van der Waals surface area (Å²) in [6, 6.07) is 3.50. The zero-order chi connectivity index (χ0) is 13.2. The monoisotopic (exact) mass is 280 g/mol. The second kappa shape index (κ2) is 5.13. The van der Waals surface area contributed by atoms with Gasteiger partial charge in [0.1, 0.15) is 0 Å². The van der Waals surface area contributed by atoms with Crippen LogP contribution < -0.4 is 9.47 Å². The van der Waals surface area contributed by atoms with Gasteiger partial charge in [-0.15, -0.1) is 0 Å². The van der Waals surface area contributed by atoms with Crippen molar-refractivity contribution in [1.82, 2.24) is 0 Å². The van der Waals surface area contributed by atoms with E-state index >= 15 is 0 Å². The topological polar surface area (TPSA) is 44.8 Å². The number of halogens is 1. The second-order valence-corrected chi connectivity index (χ2v) is 5.05. The number of carbonyl (C=O) groups excluding carboxylic acids is 1. The Morgan fingerprint density at radius 2 is 2.26 bits per heavy atom. The van der Waals surface area contributed by atoms with Gasteiger partial charge in [0.25, 0.3) is 0 Å². The van der Waals surface area contributed by atoms with E-state index in [0.717, 1.165) is 18.4 Å². The SMILES string of the molecule is O=C(/C=C/c1cc(Cl)c2c(c1)OCO2)OCC1CC1. The molecule has 1 aliphatic heterocycles. The molecule has 100 valence electrons. The molecule has 1 saturated carbocycles. The highest BCUT2D eigenvalue weighted by Crippen LogP contribution is 2.40. The van der Waals surface area contributed by atoms with Crippen molar-refractivity contribution in [2.75, 3.05) is 13.4 Å². The molecule has 0 aromatic heterocycles. The highest BCUT2D eigenvalue weighted by atomic mass is 35.5. The number of rotatable bonds is 4. The summed E-state index contributed by atoms with van der Waals surface area (Å²) < 4.78 is 15.6. The van der Waals surface area contributed by atoms with Crippen LogP contribution in [0.4, 0.5) is 0 Å². The van der Waals surface area contributed by atoms with Crippen molar-refractivity contribution in [3.63, 3.8) is 0 Å². The lowest BCUT2D eigenvalue weighted by atomic mass is 10.2. The number of esters is 1. The summed E-state index contributed by atoms with van der Waals surface area (Å²) >= 11 is 6.05. The van der Waals surface area contributed by atoms with Crippen molar-refractivity contribution < 1.29 is 19.0 Å². The molecule has 0 N–H and O–H groups in total. The fourth-order valence-electron chi connectivity index (χ4n) is 1.78. The zero-order valence-corrected chi connectivity index (χ0v) is 11.0. The van der Waals surface area contributed by atoms with Crippen LogP contribution in [0.25, 0.3) is 6.08 Å². The van der Waals surface area contributed by atoms with E-state index in [4.69, 9.17) is 25.8 Å². The van der Waals surface area contributed by atoms with Crippen molar-refractivity contribution in [3.8, 4) is 11.5 Å². The van der Waals surface area contributed by atoms with Gasteiger partial charge in [-0.25, -0.2) is 4.79 Å². The van der Waals surface area contributed by atoms with Crippen molar-refractivity contribution >= 4 is 23.6 Å². The van der Waals surface area contributed by atoms with Crippen LogP contribution in [-0.4, -0.2) is 19.4 Å². The molecule has 0 bridgehead atoms. The van der Waals surface area contributed by atoms with E-state index in [1.54, 1.807) is 18.2 Å². The standard InChI is InChI=1S/C14H13ClO4/c15-11-5-10(6-12-14(11)19-8-18-12)3-4-13(16)17-7-9-1-2-9/h3-6,9H,1-2,7-8H2/b4-3+. The Labute approximate surface area is 115 Å². The van der Waals surface area contributed by atoms with Crippen LogP contribution in [0.2, 0.25) is 5.02 Å². The van der Waals surface area contributed by atoms with Crippen molar-refractivity contribution in [2.45, 2.75) is 12.8 Å². The van der Waals surface area contributed by atoms with E-state index in [1.807, 2.05) is 0 Å². The molecule has 1 fully saturated rings. The Kier molecular flexibility index (Phi) is 3.34. The summed E-state index contributed by atoms with van der Waals surface area (Å²) in [6.07, 6.45) is 5.38. The number of hydrogen-bond acceptors (Lipinski definition) is 4. The van der Waals surface area contributed by atoms with Gasteiger partial charge in [-0.05, 0) is 42.5 Å². The average molecular weight is 281 g/mol. The fraction of sp³-hybridized carbons (Fsp3) is 0.357. The number of fused-ring (bicyclic) bond motifs is 1. The molecule has 0 unspecified atom stereocenters. The average Bonchev–Trinajstić information content (AvgIpc) is 3.10. The predicted molar refractivity (Wildman–Crippen MR) is 70.3 cm³/mol. The second-order valence-electron chi connectivity index (χ2n) is 4.64. The van der Waals surface area contributed by atoms with Gasteiger partial charge in [-0.3, -0.25) is 0 Å². The Hall–Kier alpha value is -1.68. The quantitative estimate of drug-likeness (QED) is 0.628. The van der Waals surface area contributed by atoms with Gasteiger partial charge in [0.2, 0.25) is 6.79 Å². The first-order chi connectivity index (χ1) is 9.22. The molecule has 5 heteroatoms. The van der Waals surface area contributed by atoms with Crippen molar-refractivity contribution in [3.05, 3.63) is 28.8 Å². The molecule has 19 heavy (non-hydrogen) atoms. The maximum Gasteiger partial charge on any atom is 0.330 e. The molecule has 0 amide bonds.